The minimum Gasteiger partial charge on any atom is -0.397 e. The molecular formula is C14H13N5O. The highest BCUT2D eigenvalue weighted by molar-refractivity contribution is 5.58. The second-order valence-electron chi connectivity index (χ2n) is 4.26. The fraction of sp³-hybridized carbons (Fsp3) is 0.143. The first-order chi connectivity index (χ1) is 9.78. The molecule has 0 unspecified atom stereocenters. The van der Waals surface area contributed by atoms with E-state index in [4.69, 9.17) is 10.3 Å². The largest absolute Gasteiger partial charge is 0.397 e. The highest BCUT2D eigenvalue weighted by Gasteiger charge is 2.14. The third kappa shape index (κ3) is 2.23. The summed E-state index contributed by atoms with van der Waals surface area (Å²) in [4.78, 5) is 12.8. The lowest BCUT2D eigenvalue weighted by atomic mass is 10.1. The molecule has 6 heteroatoms. The molecule has 0 aliphatic heterocycles. The SMILES string of the molecule is CCc1cccnc1-c1noc(-c2ccc(N)cn2)n1. The van der Waals surface area contributed by atoms with E-state index in [-0.39, 0.29) is 0 Å². The topological polar surface area (TPSA) is 90.7 Å². The molecule has 0 aliphatic carbocycles. The maximum atomic E-state index is 5.60. The van der Waals surface area contributed by atoms with Crippen LogP contribution in [0.15, 0.2) is 41.2 Å². The van der Waals surface area contributed by atoms with Crippen molar-refractivity contribution in [2.45, 2.75) is 13.3 Å². The molecule has 3 heterocycles. The van der Waals surface area contributed by atoms with Gasteiger partial charge in [-0.1, -0.05) is 18.1 Å². The molecule has 0 atom stereocenters. The molecular weight excluding hydrogens is 254 g/mol. The van der Waals surface area contributed by atoms with Gasteiger partial charge in [-0.25, -0.2) is 4.98 Å². The molecule has 0 spiro atoms. The summed E-state index contributed by atoms with van der Waals surface area (Å²) in [6.45, 7) is 2.06. The zero-order chi connectivity index (χ0) is 13.9. The number of hydrogen-bond donors (Lipinski definition) is 1. The quantitative estimate of drug-likeness (QED) is 0.783. The molecule has 0 amide bonds. The number of pyridine rings is 2. The highest BCUT2D eigenvalue weighted by Crippen LogP contribution is 2.22. The average Bonchev–Trinajstić information content (AvgIpc) is 2.97. The average molecular weight is 267 g/mol. The normalized spacial score (nSPS) is 10.7. The lowest BCUT2D eigenvalue weighted by Crippen LogP contribution is -1.93. The summed E-state index contributed by atoms with van der Waals surface area (Å²) in [6, 6.07) is 7.38. The summed E-state index contributed by atoms with van der Waals surface area (Å²) < 4.78 is 5.24. The Morgan fingerprint density at radius 2 is 2.10 bits per heavy atom. The van der Waals surface area contributed by atoms with Gasteiger partial charge in [-0.2, -0.15) is 4.98 Å². The zero-order valence-electron chi connectivity index (χ0n) is 10.9. The van der Waals surface area contributed by atoms with Crippen molar-refractivity contribution < 1.29 is 4.52 Å². The Labute approximate surface area is 115 Å². The van der Waals surface area contributed by atoms with Crippen molar-refractivity contribution in [1.82, 2.24) is 20.1 Å². The van der Waals surface area contributed by atoms with E-state index in [9.17, 15) is 0 Å². The Morgan fingerprint density at radius 3 is 2.85 bits per heavy atom. The van der Waals surface area contributed by atoms with E-state index in [0.29, 0.717) is 23.1 Å². The van der Waals surface area contributed by atoms with Crippen LogP contribution >= 0.6 is 0 Å². The third-order valence-corrected chi connectivity index (χ3v) is 2.92. The van der Waals surface area contributed by atoms with Crippen LogP contribution in [0.4, 0.5) is 5.69 Å². The molecule has 3 rings (SSSR count). The van der Waals surface area contributed by atoms with Gasteiger partial charge in [0.1, 0.15) is 11.4 Å². The van der Waals surface area contributed by atoms with Gasteiger partial charge < -0.3 is 10.3 Å². The molecule has 3 aromatic heterocycles. The molecule has 0 aliphatic rings. The summed E-state index contributed by atoms with van der Waals surface area (Å²) in [7, 11) is 0. The molecule has 0 saturated carbocycles. The first-order valence-corrected chi connectivity index (χ1v) is 6.28. The van der Waals surface area contributed by atoms with E-state index < -0.39 is 0 Å². The Bertz CT molecular complexity index is 720. The molecule has 3 aromatic rings. The maximum Gasteiger partial charge on any atom is 0.276 e. The molecule has 2 N–H and O–H groups in total. The van der Waals surface area contributed by atoms with Gasteiger partial charge >= 0.3 is 0 Å². The van der Waals surface area contributed by atoms with Crippen molar-refractivity contribution >= 4 is 5.69 Å². The summed E-state index contributed by atoms with van der Waals surface area (Å²) in [5, 5.41) is 3.97. The van der Waals surface area contributed by atoms with Crippen molar-refractivity contribution in [2.75, 3.05) is 5.73 Å². The summed E-state index contributed by atoms with van der Waals surface area (Å²) in [5.41, 5.74) is 8.59. The number of anilines is 1. The molecule has 0 radical (unpaired) electrons. The van der Waals surface area contributed by atoms with Gasteiger partial charge in [0, 0.05) is 6.20 Å². The maximum absolute atomic E-state index is 5.60. The molecule has 0 aromatic carbocycles. The fourth-order valence-corrected chi connectivity index (χ4v) is 1.88. The first-order valence-electron chi connectivity index (χ1n) is 6.28. The van der Waals surface area contributed by atoms with E-state index in [1.54, 1.807) is 24.5 Å². The third-order valence-electron chi connectivity index (χ3n) is 2.92. The number of nitrogens with zero attached hydrogens (tertiary/aromatic N) is 4. The Balaban J connectivity index is 2.00. The molecule has 0 bridgehead atoms. The molecule has 20 heavy (non-hydrogen) atoms. The lowest BCUT2D eigenvalue weighted by Gasteiger charge is -2.00. The smallest absolute Gasteiger partial charge is 0.276 e. The van der Waals surface area contributed by atoms with Crippen LogP contribution in [0, 0.1) is 0 Å². The van der Waals surface area contributed by atoms with Crippen LogP contribution < -0.4 is 5.73 Å². The number of aromatic nitrogens is 4. The van der Waals surface area contributed by atoms with Crippen molar-refractivity contribution in [3.63, 3.8) is 0 Å². The van der Waals surface area contributed by atoms with Crippen LogP contribution in [0.5, 0.6) is 0 Å². The minimum absolute atomic E-state index is 0.354. The van der Waals surface area contributed by atoms with Gasteiger partial charge in [0.2, 0.25) is 5.82 Å². The van der Waals surface area contributed by atoms with E-state index in [2.05, 4.69) is 27.0 Å². The molecule has 100 valence electrons. The molecule has 0 fully saturated rings. The molecule has 0 saturated heterocycles. The Morgan fingerprint density at radius 1 is 1.20 bits per heavy atom. The molecule has 6 nitrogen and oxygen atoms in total. The highest BCUT2D eigenvalue weighted by atomic mass is 16.5. The fourth-order valence-electron chi connectivity index (χ4n) is 1.88. The van der Waals surface area contributed by atoms with Crippen LogP contribution in [0.1, 0.15) is 12.5 Å². The summed E-state index contributed by atoms with van der Waals surface area (Å²) in [6.07, 6.45) is 4.12. The van der Waals surface area contributed by atoms with Crippen molar-refractivity contribution in [3.05, 3.63) is 42.2 Å². The predicted octanol–water partition coefficient (Wildman–Crippen LogP) is 2.34. The number of rotatable bonds is 3. The van der Waals surface area contributed by atoms with Crippen LogP contribution in [0.3, 0.4) is 0 Å². The standard InChI is InChI=1S/C14H13N5O/c1-2-9-4-3-7-16-12(9)13-18-14(20-19-13)11-6-5-10(15)8-17-11/h3-8H,2,15H2,1H3. The van der Waals surface area contributed by atoms with E-state index in [0.717, 1.165) is 17.7 Å². The number of hydrogen-bond acceptors (Lipinski definition) is 6. The van der Waals surface area contributed by atoms with Gasteiger partial charge in [0.25, 0.3) is 5.89 Å². The predicted molar refractivity (Wildman–Crippen MR) is 74.6 cm³/mol. The van der Waals surface area contributed by atoms with Crippen molar-refractivity contribution in [2.24, 2.45) is 0 Å². The van der Waals surface area contributed by atoms with E-state index in [1.165, 1.54) is 0 Å². The Kier molecular flexibility index (Phi) is 3.12. The van der Waals surface area contributed by atoms with Gasteiger partial charge in [0.05, 0.1) is 11.9 Å². The van der Waals surface area contributed by atoms with E-state index >= 15 is 0 Å². The second kappa shape index (κ2) is 5.08. The number of nitrogens with two attached hydrogens (primary N) is 1. The first kappa shape index (κ1) is 12.3. The van der Waals surface area contributed by atoms with Gasteiger partial charge in [-0.15, -0.1) is 0 Å². The Hall–Kier alpha value is -2.76. The zero-order valence-corrected chi connectivity index (χ0v) is 10.9. The summed E-state index contributed by atoms with van der Waals surface area (Å²) >= 11 is 0. The summed E-state index contributed by atoms with van der Waals surface area (Å²) in [5.74, 6) is 0.823. The number of nitrogen functional groups attached to an aromatic ring is 1. The van der Waals surface area contributed by atoms with Crippen LogP contribution in [-0.4, -0.2) is 20.1 Å². The minimum atomic E-state index is 0.354. The van der Waals surface area contributed by atoms with Gasteiger partial charge in [-0.3, -0.25) is 4.98 Å². The van der Waals surface area contributed by atoms with E-state index in [1.807, 2.05) is 12.1 Å². The van der Waals surface area contributed by atoms with Crippen molar-refractivity contribution in [1.29, 1.82) is 0 Å². The second-order valence-corrected chi connectivity index (χ2v) is 4.26. The van der Waals surface area contributed by atoms with Gasteiger partial charge in [-0.05, 0) is 30.2 Å². The lowest BCUT2D eigenvalue weighted by molar-refractivity contribution is 0.430. The van der Waals surface area contributed by atoms with Crippen LogP contribution in [0.2, 0.25) is 0 Å². The monoisotopic (exact) mass is 267 g/mol. The van der Waals surface area contributed by atoms with Crippen LogP contribution in [-0.2, 0) is 6.42 Å². The van der Waals surface area contributed by atoms with Gasteiger partial charge in [0.15, 0.2) is 0 Å². The van der Waals surface area contributed by atoms with Crippen LogP contribution in [0.25, 0.3) is 23.1 Å². The van der Waals surface area contributed by atoms with Crippen molar-refractivity contribution in [3.8, 4) is 23.1 Å². The number of aryl methyl sites for hydroxylation is 1.